The standard InChI is InChI=1S/C24H20F2N2O4/c1-31-21-11-19-20(12-22(21)32-2)27(13-15-3-7-17(25)8-4-15)24(30)28(23(19)29)14-16-5-9-18(26)10-6-16/h3-12H,13-14H2,1-2H3. The molecule has 1 heterocycles. The van der Waals surface area contributed by atoms with Crippen LogP contribution in [0, 0.1) is 11.6 Å². The van der Waals surface area contributed by atoms with Crippen molar-refractivity contribution < 1.29 is 18.3 Å². The van der Waals surface area contributed by atoms with Gasteiger partial charge in [0.2, 0.25) is 0 Å². The lowest BCUT2D eigenvalue weighted by molar-refractivity contribution is 0.355. The van der Waals surface area contributed by atoms with Gasteiger partial charge in [0.15, 0.2) is 11.5 Å². The fraction of sp³-hybridized carbons (Fsp3) is 0.167. The van der Waals surface area contributed by atoms with E-state index >= 15 is 0 Å². The van der Waals surface area contributed by atoms with Crippen LogP contribution in [0.4, 0.5) is 8.78 Å². The molecule has 4 aromatic rings. The Labute approximate surface area is 181 Å². The van der Waals surface area contributed by atoms with E-state index in [9.17, 15) is 18.4 Å². The highest BCUT2D eigenvalue weighted by Crippen LogP contribution is 2.30. The van der Waals surface area contributed by atoms with Crippen molar-refractivity contribution in [1.82, 2.24) is 9.13 Å². The Morgan fingerprint density at radius 3 is 1.69 bits per heavy atom. The Morgan fingerprint density at radius 2 is 1.19 bits per heavy atom. The molecular formula is C24H20F2N2O4. The molecule has 3 aromatic carbocycles. The molecular weight excluding hydrogens is 418 g/mol. The molecule has 4 rings (SSSR count). The second-order valence-corrected chi connectivity index (χ2v) is 7.24. The van der Waals surface area contributed by atoms with Crippen LogP contribution in [0.3, 0.4) is 0 Å². The zero-order valence-electron chi connectivity index (χ0n) is 17.5. The van der Waals surface area contributed by atoms with E-state index in [4.69, 9.17) is 9.47 Å². The van der Waals surface area contributed by atoms with E-state index in [0.29, 0.717) is 28.1 Å². The highest BCUT2D eigenvalue weighted by molar-refractivity contribution is 5.82. The van der Waals surface area contributed by atoms with Crippen molar-refractivity contribution >= 4 is 10.9 Å². The summed E-state index contributed by atoms with van der Waals surface area (Å²) in [7, 11) is 2.91. The average molecular weight is 438 g/mol. The van der Waals surface area contributed by atoms with Gasteiger partial charge in [-0.3, -0.25) is 13.9 Å². The molecule has 0 aliphatic carbocycles. The fourth-order valence-electron chi connectivity index (χ4n) is 3.58. The number of nitrogens with zero attached hydrogens (tertiary/aromatic N) is 2. The summed E-state index contributed by atoms with van der Waals surface area (Å²) in [4.78, 5) is 26.7. The van der Waals surface area contributed by atoms with E-state index in [-0.39, 0.29) is 18.5 Å². The molecule has 0 saturated heterocycles. The highest BCUT2D eigenvalue weighted by atomic mass is 19.1. The normalized spacial score (nSPS) is 11.0. The molecule has 0 aliphatic rings. The van der Waals surface area contributed by atoms with E-state index < -0.39 is 22.9 Å². The van der Waals surface area contributed by atoms with Crippen LogP contribution in [0.5, 0.6) is 11.5 Å². The van der Waals surface area contributed by atoms with Crippen molar-refractivity contribution in [3.8, 4) is 11.5 Å². The van der Waals surface area contributed by atoms with Crippen molar-refractivity contribution in [2.24, 2.45) is 0 Å². The van der Waals surface area contributed by atoms with Gasteiger partial charge in [-0.15, -0.1) is 0 Å². The third kappa shape index (κ3) is 3.99. The van der Waals surface area contributed by atoms with Crippen molar-refractivity contribution in [2.45, 2.75) is 13.1 Å². The molecule has 0 N–H and O–H groups in total. The second kappa shape index (κ2) is 8.66. The number of hydrogen-bond donors (Lipinski definition) is 0. The number of hydrogen-bond acceptors (Lipinski definition) is 4. The van der Waals surface area contributed by atoms with Crippen LogP contribution in [-0.4, -0.2) is 23.4 Å². The molecule has 0 radical (unpaired) electrons. The third-order valence-electron chi connectivity index (χ3n) is 5.24. The number of aromatic nitrogens is 2. The number of ether oxygens (including phenoxy) is 2. The lowest BCUT2D eigenvalue weighted by Gasteiger charge is -2.16. The number of halogens is 2. The van der Waals surface area contributed by atoms with Crippen molar-refractivity contribution in [2.75, 3.05) is 14.2 Å². The molecule has 0 amide bonds. The minimum Gasteiger partial charge on any atom is -0.493 e. The Kier molecular flexibility index (Phi) is 5.77. The van der Waals surface area contributed by atoms with Crippen LogP contribution < -0.4 is 20.7 Å². The Bertz CT molecular complexity index is 1390. The van der Waals surface area contributed by atoms with Gasteiger partial charge in [-0.2, -0.15) is 0 Å². The summed E-state index contributed by atoms with van der Waals surface area (Å²) >= 11 is 0. The van der Waals surface area contributed by atoms with Gasteiger partial charge in [-0.05, 0) is 41.5 Å². The second-order valence-electron chi connectivity index (χ2n) is 7.24. The van der Waals surface area contributed by atoms with Crippen molar-refractivity contribution in [3.05, 3.63) is 104 Å². The molecule has 0 spiro atoms. The molecule has 0 saturated carbocycles. The van der Waals surface area contributed by atoms with Gasteiger partial charge in [0, 0.05) is 6.07 Å². The zero-order valence-corrected chi connectivity index (χ0v) is 17.5. The third-order valence-corrected chi connectivity index (χ3v) is 5.24. The van der Waals surface area contributed by atoms with E-state index in [1.807, 2.05) is 0 Å². The minimum absolute atomic E-state index is 0.0361. The first-order valence-electron chi connectivity index (χ1n) is 9.79. The summed E-state index contributed by atoms with van der Waals surface area (Å²) in [6.07, 6.45) is 0. The minimum atomic E-state index is -0.552. The summed E-state index contributed by atoms with van der Waals surface area (Å²) in [5, 5.41) is 0.256. The molecule has 32 heavy (non-hydrogen) atoms. The van der Waals surface area contributed by atoms with Crippen LogP contribution in [0.1, 0.15) is 11.1 Å². The summed E-state index contributed by atoms with van der Waals surface area (Å²) in [6, 6.07) is 14.4. The average Bonchev–Trinajstić information content (AvgIpc) is 2.81. The molecule has 164 valence electrons. The number of fused-ring (bicyclic) bond motifs is 1. The largest absolute Gasteiger partial charge is 0.493 e. The number of benzene rings is 3. The number of methoxy groups -OCH3 is 2. The van der Waals surface area contributed by atoms with Crippen LogP contribution in [-0.2, 0) is 13.1 Å². The first kappa shape index (κ1) is 21.3. The Morgan fingerprint density at radius 1 is 0.719 bits per heavy atom. The molecule has 0 bridgehead atoms. The van der Waals surface area contributed by atoms with Gasteiger partial charge in [0.1, 0.15) is 11.6 Å². The fourth-order valence-corrected chi connectivity index (χ4v) is 3.58. The SMILES string of the molecule is COc1cc2c(=O)n(Cc3ccc(F)cc3)c(=O)n(Cc3ccc(F)cc3)c2cc1OC. The van der Waals surface area contributed by atoms with Gasteiger partial charge in [0.05, 0.1) is 38.2 Å². The lowest BCUT2D eigenvalue weighted by atomic mass is 10.1. The molecule has 0 atom stereocenters. The van der Waals surface area contributed by atoms with Gasteiger partial charge in [-0.1, -0.05) is 24.3 Å². The van der Waals surface area contributed by atoms with Gasteiger partial charge in [-0.25, -0.2) is 13.6 Å². The maximum atomic E-state index is 13.4. The van der Waals surface area contributed by atoms with E-state index in [0.717, 1.165) is 4.57 Å². The first-order chi connectivity index (χ1) is 15.4. The molecule has 8 heteroatoms. The summed E-state index contributed by atoms with van der Waals surface area (Å²) in [6.45, 7) is 0.0699. The van der Waals surface area contributed by atoms with Crippen molar-refractivity contribution in [1.29, 1.82) is 0 Å². The van der Waals surface area contributed by atoms with Gasteiger partial charge in [0.25, 0.3) is 5.56 Å². The van der Waals surface area contributed by atoms with Gasteiger partial charge >= 0.3 is 5.69 Å². The maximum Gasteiger partial charge on any atom is 0.332 e. The van der Waals surface area contributed by atoms with Gasteiger partial charge < -0.3 is 9.47 Å². The van der Waals surface area contributed by atoms with Crippen LogP contribution in [0.15, 0.2) is 70.3 Å². The first-order valence-corrected chi connectivity index (χ1v) is 9.79. The predicted octanol–water partition coefficient (Wildman–Crippen LogP) is 3.56. The maximum absolute atomic E-state index is 13.4. The smallest absolute Gasteiger partial charge is 0.332 e. The Balaban J connectivity index is 1.96. The summed E-state index contributed by atoms with van der Waals surface area (Å²) < 4.78 is 39.8. The molecule has 6 nitrogen and oxygen atoms in total. The predicted molar refractivity (Wildman–Crippen MR) is 117 cm³/mol. The van der Waals surface area contributed by atoms with Crippen LogP contribution in [0.25, 0.3) is 10.9 Å². The molecule has 1 aromatic heterocycles. The number of rotatable bonds is 6. The van der Waals surface area contributed by atoms with Crippen LogP contribution >= 0.6 is 0 Å². The van der Waals surface area contributed by atoms with E-state index in [1.165, 1.54) is 61.3 Å². The van der Waals surface area contributed by atoms with E-state index in [2.05, 4.69) is 0 Å². The summed E-state index contributed by atoms with van der Waals surface area (Å²) in [5.74, 6) is -0.0934. The molecule has 0 aliphatic heterocycles. The Hall–Kier alpha value is -3.94. The summed E-state index contributed by atoms with van der Waals surface area (Å²) in [5.41, 5.74) is 0.571. The topological polar surface area (TPSA) is 62.5 Å². The zero-order chi connectivity index (χ0) is 22.8. The van der Waals surface area contributed by atoms with Crippen LogP contribution in [0.2, 0.25) is 0 Å². The lowest BCUT2D eigenvalue weighted by Crippen LogP contribution is -2.40. The quantitative estimate of drug-likeness (QED) is 0.462. The van der Waals surface area contributed by atoms with E-state index in [1.54, 1.807) is 18.2 Å². The molecule has 0 unspecified atom stereocenters. The monoisotopic (exact) mass is 438 g/mol. The highest BCUT2D eigenvalue weighted by Gasteiger charge is 2.17. The van der Waals surface area contributed by atoms with Crippen molar-refractivity contribution in [3.63, 3.8) is 0 Å². The molecule has 0 fully saturated rings.